The van der Waals surface area contributed by atoms with Crippen LogP contribution in [0.25, 0.3) is 5.82 Å². The number of pyridine rings is 1. The van der Waals surface area contributed by atoms with Crippen LogP contribution in [0.2, 0.25) is 5.02 Å². The summed E-state index contributed by atoms with van der Waals surface area (Å²) in [5.41, 5.74) is 6.82. The summed E-state index contributed by atoms with van der Waals surface area (Å²) in [5.74, 6) is 2.78. The third-order valence-electron chi connectivity index (χ3n) is 6.95. The first-order chi connectivity index (χ1) is 19.1. The summed E-state index contributed by atoms with van der Waals surface area (Å²) >= 11 is 6.54. The number of rotatable bonds is 3. The molecule has 0 radical (unpaired) electrons. The van der Waals surface area contributed by atoms with Gasteiger partial charge in [-0.3, -0.25) is 0 Å². The summed E-state index contributed by atoms with van der Waals surface area (Å²) in [7, 11) is 0. The van der Waals surface area contributed by atoms with Crippen LogP contribution in [0, 0.1) is 13.8 Å². The lowest BCUT2D eigenvalue weighted by atomic mass is 9.93. The number of anilines is 2. The molecule has 4 heterocycles. The van der Waals surface area contributed by atoms with Crippen molar-refractivity contribution in [2.24, 2.45) is 9.98 Å². The van der Waals surface area contributed by atoms with Crippen LogP contribution in [-0.4, -0.2) is 26.4 Å². The van der Waals surface area contributed by atoms with Crippen molar-refractivity contribution < 1.29 is 0 Å². The number of nitrogens with one attached hydrogen (secondary N) is 1. The molecule has 7 rings (SSSR count). The Balaban J connectivity index is 1.51. The Hall–Kier alpha value is -4.75. The quantitative estimate of drug-likeness (QED) is 0.265. The van der Waals surface area contributed by atoms with Crippen LogP contribution in [0.4, 0.5) is 22.9 Å². The van der Waals surface area contributed by atoms with Crippen LogP contribution in [0.5, 0.6) is 0 Å². The zero-order chi connectivity index (χ0) is 26.5. The fourth-order valence-corrected chi connectivity index (χ4v) is 5.49. The minimum absolute atomic E-state index is 0.241. The van der Waals surface area contributed by atoms with Crippen LogP contribution in [-0.2, 0) is 0 Å². The number of aryl methyl sites for hydroxylation is 2. The van der Waals surface area contributed by atoms with Crippen molar-refractivity contribution in [2.75, 3.05) is 10.2 Å². The predicted octanol–water partition coefficient (Wildman–Crippen LogP) is 7.33. The molecule has 0 bridgehead atoms. The van der Waals surface area contributed by atoms with E-state index in [1.54, 1.807) is 6.20 Å². The van der Waals surface area contributed by atoms with Crippen molar-refractivity contribution in [3.63, 3.8) is 0 Å². The molecule has 7 nitrogen and oxygen atoms in total. The molecule has 1 atom stereocenters. The number of amidine groups is 2. The first-order valence-electron chi connectivity index (χ1n) is 12.7. The average Bonchev–Trinajstić information content (AvgIpc) is 3.28. The van der Waals surface area contributed by atoms with E-state index in [2.05, 4.69) is 46.4 Å². The minimum Gasteiger partial charge on any atom is -0.337 e. The topological polar surface area (TPSA) is 70.7 Å². The number of nitrogens with zero attached hydrogens (tertiary/aromatic N) is 6. The van der Waals surface area contributed by atoms with Gasteiger partial charge in [-0.05, 0) is 73.5 Å². The highest BCUT2D eigenvalue weighted by Crippen LogP contribution is 2.48. The Labute approximate surface area is 231 Å². The van der Waals surface area contributed by atoms with E-state index in [0.29, 0.717) is 22.5 Å². The van der Waals surface area contributed by atoms with Gasteiger partial charge in [-0.15, -0.1) is 0 Å². The normalized spacial score (nSPS) is 15.6. The molecule has 0 saturated carbocycles. The first-order valence-corrected chi connectivity index (χ1v) is 13.1. The second kappa shape index (κ2) is 9.22. The standard InChI is InChI=1S/C31H24ClN7/c1-19-9-7-12-23(17-19)34-29-31-36-30-27(20(2)37-39(30)26-15-5-6-16-33-26)28(21-10-8-11-22(32)18-21)38(31)25-14-4-3-13-24(25)35-29/h3-18,28H,1-2H3,(H,34,35)/t28-/m0/s1. The lowest BCUT2D eigenvalue weighted by Crippen LogP contribution is -2.46. The monoisotopic (exact) mass is 529 g/mol. The highest BCUT2D eigenvalue weighted by Gasteiger charge is 2.41. The molecule has 0 fully saturated rings. The molecule has 0 aliphatic carbocycles. The van der Waals surface area contributed by atoms with Crippen LogP contribution >= 0.6 is 11.6 Å². The zero-order valence-corrected chi connectivity index (χ0v) is 22.1. The molecule has 39 heavy (non-hydrogen) atoms. The Morgan fingerprint density at radius 2 is 1.69 bits per heavy atom. The van der Waals surface area contributed by atoms with Gasteiger partial charge in [0.25, 0.3) is 0 Å². The maximum absolute atomic E-state index is 6.54. The Bertz CT molecular complexity index is 1790. The zero-order valence-electron chi connectivity index (χ0n) is 21.4. The van der Waals surface area contributed by atoms with Gasteiger partial charge in [0, 0.05) is 22.5 Å². The van der Waals surface area contributed by atoms with Gasteiger partial charge < -0.3 is 10.2 Å². The number of para-hydroxylation sites is 2. The molecule has 0 spiro atoms. The van der Waals surface area contributed by atoms with Crippen molar-refractivity contribution in [2.45, 2.75) is 19.9 Å². The molecule has 0 unspecified atom stereocenters. The summed E-state index contributed by atoms with van der Waals surface area (Å²) in [6.45, 7) is 4.09. The number of halogens is 1. The lowest BCUT2D eigenvalue weighted by molar-refractivity contribution is 0.810. The summed E-state index contributed by atoms with van der Waals surface area (Å²) in [6, 6.07) is 29.9. The number of fused-ring (bicyclic) bond motifs is 4. The second-order valence-electron chi connectivity index (χ2n) is 9.63. The van der Waals surface area contributed by atoms with E-state index in [1.165, 1.54) is 0 Å². The number of hydrogen-bond donors (Lipinski definition) is 1. The van der Waals surface area contributed by atoms with Crippen molar-refractivity contribution >= 4 is 46.2 Å². The van der Waals surface area contributed by atoms with Gasteiger partial charge in [0.1, 0.15) is 0 Å². The largest absolute Gasteiger partial charge is 0.337 e. The van der Waals surface area contributed by atoms with E-state index in [4.69, 9.17) is 26.7 Å². The van der Waals surface area contributed by atoms with E-state index < -0.39 is 0 Å². The molecule has 2 aliphatic rings. The molecule has 5 aromatic rings. The van der Waals surface area contributed by atoms with E-state index in [0.717, 1.165) is 45.3 Å². The summed E-state index contributed by atoms with van der Waals surface area (Å²) < 4.78 is 1.82. The van der Waals surface area contributed by atoms with Gasteiger partial charge in [0.2, 0.25) is 0 Å². The van der Waals surface area contributed by atoms with Gasteiger partial charge in [-0.25, -0.2) is 15.0 Å². The smallest absolute Gasteiger partial charge is 0.179 e. The SMILES string of the molecule is Cc1cccc(NC2=Nc3ccccc3N3C2=Nc2c(c(C)nn2-c2ccccn2)[C@@H]3c2cccc(Cl)c2)c1. The Kier molecular flexibility index (Phi) is 5.52. The van der Waals surface area contributed by atoms with E-state index in [9.17, 15) is 0 Å². The molecule has 0 saturated heterocycles. The average molecular weight is 530 g/mol. The van der Waals surface area contributed by atoms with Crippen molar-refractivity contribution in [3.8, 4) is 5.82 Å². The van der Waals surface area contributed by atoms with Crippen LogP contribution in [0.1, 0.15) is 28.4 Å². The van der Waals surface area contributed by atoms with Gasteiger partial charge in [0.15, 0.2) is 23.3 Å². The minimum atomic E-state index is -0.241. The van der Waals surface area contributed by atoms with Gasteiger partial charge in [-0.2, -0.15) is 9.78 Å². The lowest BCUT2D eigenvalue weighted by Gasteiger charge is -2.40. The molecule has 0 amide bonds. The predicted molar refractivity (Wildman–Crippen MR) is 157 cm³/mol. The maximum Gasteiger partial charge on any atom is 0.179 e. The highest BCUT2D eigenvalue weighted by atomic mass is 35.5. The maximum atomic E-state index is 6.54. The molecular weight excluding hydrogens is 506 g/mol. The fraction of sp³-hybridized carbons (Fsp3) is 0.0968. The third-order valence-corrected chi connectivity index (χ3v) is 7.18. The molecule has 2 aromatic heterocycles. The molecular formula is C31H24ClN7. The van der Waals surface area contributed by atoms with Gasteiger partial charge >= 0.3 is 0 Å². The highest BCUT2D eigenvalue weighted by molar-refractivity contribution is 6.51. The number of hydrogen-bond acceptors (Lipinski definition) is 6. The summed E-state index contributed by atoms with van der Waals surface area (Å²) in [4.78, 5) is 17.1. The molecule has 1 N–H and O–H groups in total. The molecule has 190 valence electrons. The second-order valence-corrected chi connectivity index (χ2v) is 10.1. The number of aliphatic imine (C=N–C) groups is 2. The van der Waals surface area contributed by atoms with Crippen molar-refractivity contribution in [3.05, 3.63) is 125 Å². The first kappa shape index (κ1) is 23.4. The van der Waals surface area contributed by atoms with Crippen molar-refractivity contribution in [1.82, 2.24) is 14.8 Å². The van der Waals surface area contributed by atoms with E-state index >= 15 is 0 Å². The third kappa shape index (κ3) is 3.99. The van der Waals surface area contributed by atoms with Crippen LogP contribution in [0.3, 0.4) is 0 Å². The van der Waals surface area contributed by atoms with E-state index in [1.807, 2.05) is 78.3 Å². The number of aromatic nitrogens is 3. The Morgan fingerprint density at radius 3 is 2.51 bits per heavy atom. The van der Waals surface area contributed by atoms with Crippen LogP contribution in [0.15, 0.2) is 107 Å². The summed E-state index contributed by atoms with van der Waals surface area (Å²) in [5, 5.41) is 9.14. The fourth-order valence-electron chi connectivity index (χ4n) is 5.29. The molecule has 8 heteroatoms. The summed E-state index contributed by atoms with van der Waals surface area (Å²) in [6.07, 6.45) is 1.76. The molecule has 3 aromatic carbocycles. The van der Waals surface area contributed by atoms with Gasteiger partial charge in [-0.1, -0.05) is 54.1 Å². The number of benzene rings is 3. The van der Waals surface area contributed by atoms with Gasteiger partial charge in [0.05, 0.1) is 23.1 Å². The Morgan fingerprint density at radius 1 is 0.846 bits per heavy atom. The van der Waals surface area contributed by atoms with Crippen molar-refractivity contribution in [1.29, 1.82) is 0 Å². The van der Waals surface area contributed by atoms with E-state index in [-0.39, 0.29) is 6.04 Å². The molecule has 2 aliphatic heterocycles. The van der Waals surface area contributed by atoms with Crippen LogP contribution < -0.4 is 10.2 Å².